The molecule has 2 aromatic heterocycles. The Morgan fingerprint density at radius 2 is 1.85 bits per heavy atom. The summed E-state index contributed by atoms with van der Waals surface area (Å²) in [6.45, 7) is 5.77. The predicted octanol–water partition coefficient (Wildman–Crippen LogP) is 2.76. The number of imidazole rings is 1. The van der Waals surface area contributed by atoms with Crippen molar-refractivity contribution >= 4 is 16.6 Å². The Morgan fingerprint density at radius 1 is 1.15 bits per heavy atom. The first kappa shape index (κ1) is 12.4. The molecule has 0 aliphatic heterocycles. The van der Waals surface area contributed by atoms with Crippen molar-refractivity contribution in [2.75, 3.05) is 0 Å². The molecular formula is C16H15N3O. The summed E-state index contributed by atoms with van der Waals surface area (Å²) >= 11 is 0. The van der Waals surface area contributed by atoms with Crippen LogP contribution >= 0.6 is 0 Å². The van der Waals surface area contributed by atoms with Crippen molar-refractivity contribution in [3.63, 3.8) is 0 Å². The molecule has 0 aliphatic carbocycles. The van der Waals surface area contributed by atoms with Gasteiger partial charge >= 0.3 is 5.69 Å². The van der Waals surface area contributed by atoms with E-state index in [0.717, 1.165) is 28.0 Å². The molecule has 0 bridgehead atoms. The Hall–Kier alpha value is -2.62. The lowest BCUT2D eigenvalue weighted by molar-refractivity contribution is 0.844. The first-order chi connectivity index (χ1) is 9.59. The monoisotopic (exact) mass is 265 g/mol. The molecule has 0 N–H and O–H groups in total. The van der Waals surface area contributed by atoms with Crippen LogP contribution in [0.5, 0.6) is 0 Å². The molecular weight excluding hydrogens is 250 g/mol. The Kier molecular flexibility index (Phi) is 2.79. The summed E-state index contributed by atoms with van der Waals surface area (Å²) in [5, 5.41) is 0. The highest BCUT2D eigenvalue weighted by Crippen LogP contribution is 2.17. The van der Waals surface area contributed by atoms with Gasteiger partial charge in [0.2, 0.25) is 0 Å². The van der Waals surface area contributed by atoms with Gasteiger partial charge in [-0.3, -0.25) is 14.1 Å². The first-order valence-corrected chi connectivity index (χ1v) is 6.38. The number of hydrogen-bond donors (Lipinski definition) is 0. The maximum absolute atomic E-state index is 12.4. The van der Waals surface area contributed by atoms with Crippen molar-refractivity contribution in [2.24, 2.45) is 7.05 Å². The zero-order valence-electron chi connectivity index (χ0n) is 11.5. The van der Waals surface area contributed by atoms with Crippen LogP contribution in [-0.2, 0) is 7.05 Å². The summed E-state index contributed by atoms with van der Waals surface area (Å²) in [5.74, 6) is 0. The number of aromatic nitrogens is 3. The quantitative estimate of drug-likeness (QED) is 0.714. The number of fused-ring (bicyclic) bond motifs is 1. The summed E-state index contributed by atoms with van der Waals surface area (Å²) in [4.78, 5) is 16.7. The highest BCUT2D eigenvalue weighted by atomic mass is 16.1. The summed E-state index contributed by atoms with van der Waals surface area (Å²) in [6, 6.07) is 11.5. The second-order valence-corrected chi connectivity index (χ2v) is 4.85. The molecule has 3 rings (SSSR count). The molecule has 0 saturated carbocycles. The molecule has 0 amide bonds. The van der Waals surface area contributed by atoms with Crippen molar-refractivity contribution in [1.29, 1.82) is 0 Å². The number of hydrogen-bond acceptors (Lipinski definition) is 2. The fourth-order valence-electron chi connectivity index (χ4n) is 2.31. The van der Waals surface area contributed by atoms with E-state index in [1.165, 1.54) is 0 Å². The van der Waals surface area contributed by atoms with Gasteiger partial charge in [0.25, 0.3) is 0 Å². The average Bonchev–Trinajstić information content (AvgIpc) is 2.72. The molecule has 4 nitrogen and oxygen atoms in total. The minimum atomic E-state index is -0.0731. The van der Waals surface area contributed by atoms with Gasteiger partial charge in [0.05, 0.1) is 28.6 Å². The van der Waals surface area contributed by atoms with Crippen LogP contribution in [-0.4, -0.2) is 14.1 Å². The largest absolute Gasteiger partial charge is 0.333 e. The molecule has 2 heterocycles. The normalized spacial score (nSPS) is 10.9. The summed E-state index contributed by atoms with van der Waals surface area (Å²) in [6.07, 6.45) is 1.71. The second kappa shape index (κ2) is 4.49. The molecule has 4 heteroatoms. The van der Waals surface area contributed by atoms with Gasteiger partial charge < -0.3 is 0 Å². The van der Waals surface area contributed by atoms with E-state index in [9.17, 15) is 4.79 Å². The van der Waals surface area contributed by atoms with E-state index >= 15 is 0 Å². The van der Waals surface area contributed by atoms with Gasteiger partial charge in [0.1, 0.15) is 0 Å². The van der Waals surface area contributed by atoms with Gasteiger partial charge in [-0.1, -0.05) is 18.7 Å². The Bertz CT molecular complexity index is 854. The molecule has 3 aromatic rings. The number of para-hydroxylation sites is 2. The molecule has 0 saturated heterocycles. The van der Waals surface area contributed by atoms with E-state index in [4.69, 9.17) is 0 Å². The molecule has 100 valence electrons. The van der Waals surface area contributed by atoms with Gasteiger partial charge in [0, 0.05) is 7.05 Å². The zero-order chi connectivity index (χ0) is 14.3. The third-order valence-electron chi connectivity index (χ3n) is 3.41. The Morgan fingerprint density at radius 3 is 2.45 bits per heavy atom. The standard InChI is InChI=1S/C16H15N3O/c1-11(2)13-9-8-12(10-17-13)19-15-7-5-4-6-14(15)18(3)16(19)20/h4-10H,1H2,2-3H3. The maximum atomic E-state index is 12.4. The van der Waals surface area contributed by atoms with Gasteiger partial charge in [-0.2, -0.15) is 0 Å². The van der Waals surface area contributed by atoms with Crippen molar-refractivity contribution in [3.8, 4) is 5.69 Å². The van der Waals surface area contributed by atoms with Crippen molar-refractivity contribution in [2.45, 2.75) is 6.92 Å². The lowest BCUT2D eigenvalue weighted by atomic mass is 10.2. The Balaban J connectivity index is 2.27. The number of benzene rings is 1. The highest BCUT2D eigenvalue weighted by Gasteiger charge is 2.11. The minimum absolute atomic E-state index is 0.0731. The molecule has 1 aromatic carbocycles. The Labute approximate surface area is 116 Å². The van der Waals surface area contributed by atoms with Crippen molar-refractivity contribution in [1.82, 2.24) is 14.1 Å². The van der Waals surface area contributed by atoms with Gasteiger partial charge in [-0.25, -0.2) is 4.79 Å². The van der Waals surface area contributed by atoms with Crippen molar-refractivity contribution < 1.29 is 0 Å². The summed E-state index contributed by atoms with van der Waals surface area (Å²) in [7, 11) is 1.77. The summed E-state index contributed by atoms with van der Waals surface area (Å²) < 4.78 is 3.31. The lowest BCUT2D eigenvalue weighted by Crippen LogP contribution is -2.20. The van der Waals surface area contributed by atoms with Crippen LogP contribution in [0.2, 0.25) is 0 Å². The average molecular weight is 265 g/mol. The SMILES string of the molecule is C=C(C)c1ccc(-n2c(=O)n(C)c3ccccc32)cn1. The molecule has 0 fully saturated rings. The third kappa shape index (κ3) is 1.77. The fraction of sp³-hybridized carbons (Fsp3) is 0.125. The number of allylic oxidation sites excluding steroid dienone is 1. The lowest BCUT2D eigenvalue weighted by Gasteiger charge is -2.04. The summed E-state index contributed by atoms with van der Waals surface area (Å²) in [5.41, 5.74) is 4.21. The predicted molar refractivity (Wildman–Crippen MR) is 81.0 cm³/mol. The zero-order valence-corrected chi connectivity index (χ0v) is 11.5. The van der Waals surface area contributed by atoms with Crippen molar-refractivity contribution in [3.05, 3.63) is 65.4 Å². The van der Waals surface area contributed by atoms with E-state index in [1.807, 2.05) is 43.3 Å². The molecule has 0 aliphatic rings. The van der Waals surface area contributed by atoms with E-state index < -0.39 is 0 Å². The van der Waals surface area contributed by atoms with Crippen LogP contribution in [0.1, 0.15) is 12.6 Å². The van der Waals surface area contributed by atoms with E-state index in [1.54, 1.807) is 22.4 Å². The molecule has 0 unspecified atom stereocenters. The van der Waals surface area contributed by atoms with Crippen LogP contribution in [0.15, 0.2) is 54.0 Å². The number of nitrogens with zero attached hydrogens (tertiary/aromatic N) is 3. The van der Waals surface area contributed by atoms with E-state index in [-0.39, 0.29) is 5.69 Å². The number of pyridine rings is 1. The molecule has 20 heavy (non-hydrogen) atoms. The second-order valence-electron chi connectivity index (χ2n) is 4.85. The molecule has 0 spiro atoms. The first-order valence-electron chi connectivity index (χ1n) is 6.38. The van der Waals surface area contributed by atoms with Crippen LogP contribution in [0.3, 0.4) is 0 Å². The van der Waals surface area contributed by atoms with Gasteiger partial charge in [-0.15, -0.1) is 0 Å². The van der Waals surface area contributed by atoms with Gasteiger partial charge in [-0.05, 0) is 36.8 Å². The van der Waals surface area contributed by atoms with E-state index in [2.05, 4.69) is 11.6 Å². The van der Waals surface area contributed by atoms with Crippen LogP contribution in [0.25, 0.3) is 22.3 Å². The van der Waals surface area contributed by atoms with Crippen LogP contribution < -0.4 is 5.69 Å². The van der Waals surface area contributed by atoms with Crippen LogP contribution in [0.4, 0.5) is 0 Å². The maximum Gasteiger partial charge on any atom is 0.333 e. The molecule has 0 radical (unpaired) electrons. The van der Waals surface area contributed by atoms with E-state index in [0.29, 0.717) is 0 Å². The van der Waals surface area contributed by atoms with Crippen LogP contribution in [0, 0.1) is 0 Å². The third-order valence-corrected chi connectivity index (χ3v) is 3.41. The number of rotatable bonds is 2. The van der Waals surface area contributed by atoms with Gasteiger partial charge in [0.15, 0.2) is 0 Å². The highest BCUT2D eigenvalue weighted by molar-refractivity contribution is 5.78. The topological polar surface area (TPSA) is 39.8 Å². The fourth-order valence-corrected chi connectivity index (χ4v) is 2.31. The molecule has 0 atom stereocenters. The minimum Gasteiger partial charge on any atom is -0.295 e. The number of aryl methyl sites for hydroxylation is 1. The smallest absolute Gasteiger partial charge is 0.295 e.